The van der Waals surface area contributed by atoms with Crippen molar-refractivity contribution >= 4 is 44.9 Å². The van der Waals surface area contributed by atoms with Crippen molar-refractivity contribution in [2.24, 2.45) is 0 Å². The first-order valence-electron chi connectivity index (χ1n) is 8.92. The number of carbonyl (C=O) groups excluding carboxylic acids is 1. The van der Waals surface area contributed by atoms with E-state index in [1.807, 2.05) is 54.6 Å². The zero-order valence-electron chi connectivity index (χ0n) is 15.0. The molecule has 0 amide bonds. The van der Waals surface area contributed by atoms with Crippen LogP contribution in [0.3, 0.4) is 0 Å². The van der Waals surface area contributed by atoms with E-state index in [0.29, 0.717) is 0 Å². The molecule has 1 atom stereocenters. The maximum absolute atomic E-state index is 13.4. The Labute approximate surface area is 175 Å². The molecule has 138 valence electrons. The largest absolute Gasteiger partial charge is 0.496 e. The Hall–Kier alpha value is -2.50. The number of hydrogen-bond acceptors (Lipinski definition) is 4. The summed E-state index contributed by atoms with van der Waals surface area (Å²) in [6.45, 7) is 0. The molecule has 1 aliphatic carbocycles. The molecular formula is C23H16BrNO2S. The summed E-state index contributed by atoms with van der Waals surface area (Å²) in [5.41, 5.74) is 5.37. The van der Waals surface area contributed by atoms with Crippen LogP contribution in [-0.4, -0.2) is 12.9 Å². The third-order valence-electron chi connectivity index (χ3n) is 5.08. The molecule has 0 aromatic heterocycles. The minimum atomic E-state index is -0.182. The van der Waals surface area contributed by atoms with Crippen molar-refractivity contribution in [3.8, 4) is 5.75 Å². The molecule has 2 aliphatic rings. The zero-order valence-corrected chi connectivity index (χ0v) is 17.4. The molecule has 5 rings (SSSR count). The first-order valence-corrected chi connectivity index (χ1v) is 10.6. The summed E-state index contributed by atoms with van der Waals surface area (Å²) >= 11 is 5.26. The van der Waals surface area contributed by atoms with Crippen LogP contribution in [0.4, 0.5) is 5.69 Å². The summed E-state index contributed by atoms with van der Waals surface area (Å²) in [6.07, 6.45) is 0. The average Bonchev–Trinajstić information content (AvgIpc) is 2.89. The summed E-state index contributed by atoms with van der Waals surface area (Å²) in [7, 11) is 1.67. The van der Waals surface area contributed by atoms with E-state index >= 15 is 0 Å². The Kier molecular flexibility index (Phi) is 4.29. The van der Waals surface area contributed by atoms with Gasteiger partial charge in [0.2, 0.25) is 0 Å². The second kappa shape index (κ2) is 6.83. The lowest BCUT2D eigenvalue weighted by atomic mass is 10.00. The molecule has 0 unspecified atom stereocenters. The molecule has 0 radical (unpaired) electrons. The number of ketones is 1. The van der Waals surface area contributed by atoms with Gasteiger partial charge < -0.3 is 10.1 Å². The summed E-state index contributed by atoms with van der Waals surface area (Å²) in [5.74, 6) is 0.848. The Morgan fingerprint density at radius 2 is 1.75 bits per heavy atom. The quantitative estimate of drug-likeness (QED) is 0.496. The number of fused-ring (bicyclic) bond motifs is 3. The lowest BCUT2D eigenvalue weighted by molar-refractivity contribution is 0.103. The standard InChI is InChI=1S/C23H16BrNO2S/c1-27-18-11-10-13(24)12-16(18)23-20-21(14-6-2-3-7-15(14)22(20)26)25-17-8-4-5-9-19(17)28-23/h2-12,23,25H,1H3/t23-/m0/s1. The van der Waals surface area contributed by atoms with Crippen molar-refractivity contribution in [3.63, 3.8) is 0 Å². The first-order chi connectivity index (χ1) is 13.7. The second-order valence-corrected chi connectivity index (χ2v) is 8.73. The molecule has 1 heterocycles. The number of ether oxygens (including phenoxy) is 1. The third-order valence-corrected chi connectivity index (χ3v) is 6.91. The number of para-hydroxylation sites is 1. The smallest absolute Gasteiger partial charge is 0.193 e. The van der Waals surface area contributed by atoms with Crippen LogP contribution in [0.5, 0.6) is 5.75 Å². The zero-order chi connectivity index (χ0) is 19.3. The fourth-order valence-corrected chi connectivity index (χ4v) is 5.50. The van der Waals surface area contributed by atoms with Crippen molar-refractivity contribution in [2.75, 3.05) is 12.4 Å². The van der Waals surface area contributed by atoms with Gasteiger partial charge in [-0.3, -0.25) is 4.79 Å². The summed E-state index contributed by atoms with van der Waals surface area (Å²) in [4.78, 5) is 14.5. The number of carbonyl (C=O) groups is 1. The second-order valence-electron chi connectivity index (χ2n) is 6.67. The van der Waals surface area contributed by atoms with Crippen LogP contribution in [-0.2, 0) is 0 Å². The molecule has 5 heteroatoms. The maximum Gasteiger partial charge on any atom is 0.193 e. The summed E-state index contributed by atoms with van der Waals surface area (Å²) < 4.78 is 6.61. The van der Waals surface area contributed by atoms with E-state index in [0.717, 1.165) is 48.8 Å². The number of methoxy groups -OCH3 is 1. The molecule has 0 saturated heterocycles. The van der Waals surface area contributed by atoms with Gasteiger partial charge in [-0.25, -0.2) is 0 Å². The topological polar surface area (TPSA) is 38.3 Å². The van der Waals surface area contributed by atoms with E-state index in [4.69, 9.17) is 4.74 Å². The van der Waals surface area contributed by atoms with Gasteiger partial charge in [0.05, 0.1) is 23.7 Å². The van der Waals surface area contributed by atoms with Crippen molar-refractivity contribution < 1.29 is 9.53 Å². The SMILES string of the molecule is COc1ccc(Br)cc1[C@@H]1Sc2ccccc2NC2=C1C(=O)c1ccccc12. The average molecular weight is 450 g/mol. The van der Waals surface area contributed by atoms with Crippen LogP contribution in [0.15, 0.2) is 81.7 Å². The number of Topliss-reactive ketones (excluding diaryl/α,β-unsaturated/α-hetero) is 1. The summed E-state index contributed by atoms with van der Waals surface area (Å²) in [5, 5.41) is 3.36. The van der Waals surface area contributed by atoms with E-state index in [1.54, 1.807) is 18.9 Å². The van der Waals surface area contributed by atoms with Gasteiger partial charge in [-0.05, 0) is 30.3 Å². The number of halogens is 1. The highest BCUT2D eigenvalue weighted by Crippen LogP contribution is 2.54. The normalized spacial score (nSPS) is 17.4. The van der Waals surface area contributed by atoms with Crippen LogP contribution in [0.2, 0.25) is 0 Å². The monoisotopic (exact) mass is 449 g/mol. The predicted octanol–water partition coefficient (Wildman–Crippen LogP) is 6.32. The highest BCUT2D eigenvalue weighted by Gasteiger charge is 2.39. The number of hydrogen-bond donors (Lipinski definition) is 1. The number of nitrogens with one attached hydrogen (secondary N) is 1. The van der Waals surface area contributed by atoms with E-state index < -0.39 is 0 Å². The van der Waals surface area contributed by atoms with E-state index in [-0.39, 0.29) is 11.0 Å². The van der Waals surface area contributed by atoms with Gasteiger partial charge in [-0.1, -0.05) is 52.3 Å². The van der Waals surface area contributed by atoms with Gasteiger partial charge in [-0.2, -0.15) is 0 Å². The molecule has 0 fully saturated rings. The third kappa shape index (κ3) is 2.69. The lowest BCUT2D eigenvalue weighted by Crippen LogP contribution is -2.09. The lowest BCUT2D eigenvalue weighted by Gasteiger charge is -2.20. The Balaban J connectivity index is 1.78. The summed E-state index contributed by atoms with van der Waals surface area (Å²) in [6, 6.07) is 21.9. The number of anilines is 1. The molecule has 1 aliphatic heterocycles. The molecule has 3 aromatic carbocycles. The van der Waals surface area contributed by atoms with E-state index in [9.17, 15) is 4.79 Å². The van der Waals surface area contributed by atoms with E-state index in [1.165, 1.54) is 0 Å². The molecule has 0 spiro atoms. The highest BCUT2D eigenvalue weighted by atomic mass is 79.9. The fraction of sp³-hybridized carbons (Fsp3) is 0.0870. The van der Waals surface area contributed by atoms with Crippen molar-refractivity contribution in [3.05, 3.63) is 93.5 Å². The van der Waals surface area contributed by atoms with Crippen molar-refractivity contribution in [2.45, 2.75) is 10.1 Å². The molecule has 28 heavy (non-hydrogen) atoms. The number of benzene rings is 3. The molecule has 3 aromatic rings. The minimum absolute atomic E-state index is 0.0745. The first kappa shape index (κ1) is 17.6. The van der Waals surface area contributed by atoms with Crippen LogP contribution >= 0.6 is 27.7 Å². The number of rotatable bonds is 2. The molecular weight excluding hydrogens is 434 g/mol. The van der Waals surface area contributed by atoms with Crippen LogP contribution in [0.1, 0.15) is 26.7 Å². The maximum atomic E-state index is 13.4. The van der Waals surface area contributed by atoms with Gasteiger partial charge in [-0.15, -0.1) is 11.8 Å². The fourth-order valence-electron chi connectivity index (χ4n) is 3.81. The van der Waals surface area contributed by atoms with Gasteiger partial charge in [0, 0.05) is 31.6 Å². The van der Waals surface area contributed by atoms with Gasteiger partial charge in [0.15, 0.2) is 5.78 Å². The molecule has 0 saturated carbocycles. The Bertz CT molecular complexity index is 1150. The van der Waals surface area contributed by atoms with Crippen molar-refractivity contribution in [1.82, 2.24) is 0 Å². The Morgan fingerprint density at radius 3 is 2.57 bits per heavy atom. The number of thioether (sulfide) groups is 1. The van der Waals surface area contributed by atoms with Crippen molar-refractivity contribution in [1.29, 1.82) is 0 Å². The van der Waals surface area contributed by atoms with Gasteiger partial charge in [0.25, 0.3) is 0 Å². The van der Waals surface area contributed by atoms with Crippen LogP contribution in [0.25, 0.3) is 5.70 Å². The predicted molar refractivity (Wildman–Crippen MR) is 117 cm³/mol. The van der Waals surface area contributed by atoms with Crippen LogP contribution in [0, 0.1) is 0 Å². The van der Waals surface area contributed by atoms with Gasteiger partial charge >= 0.3 is 0 Å². The van der Waals surface area contributed by atoms with E-state index in [2.05, 4.69) is 33.4 Å². The van der Waals surface area contributed by atoms with Gasteiger partial charge in [0.1, 0.15) is 5.75 Å². The highest BCUT2D eigenvalue weighted by molar-refractivity contribution is 9.10. The minimum Gasteiger partial charge on any atom is -0.496 e. The van der Waals surface area contributed by atoms with Crippen LogP contribution < -0.4 is 10.1 Å². The molecule has 3 nitrogen and oxygen atoms in total. The molecule has 0 bridgehead atoms. The molecule has 1 N–H and O–H groups in total. The Morgan fingerprint density at radius 1 is 1.00 bits per heavy atom.